The van der Waals surface area contributed by atoms with Gasteiger partial charge in [0.05, 0.1) is 18.8 Å². The van der Waals surface area contributed by atoms with Crippen LogP contribution in [0.1, 0.15) is 21.7 Å². The predicted molar refractivity (Wildman–Crippen MR) is 79.1 cm³/mol. The second kappa shape index (κ2) is 5.83. The van der Waals surface area contributed by atoms with Gasteiger partial charge in [0.15, 0.2) is 0 Å². The van der Waals surface area contributed by atoms with Crippen LogP contribution in [0.2, 0.25) is 0 Å². The summed E-state index contributed by atoms with van der Waals surface area (Å²) in [5.41, 5.74) is 0.969. The zero-order valence-corrected chi connectivity index (χ0v) is 12.4. The van der Waals surface area contributed by atoms with E-state index in [1.165, 1.54) is 11.3 Å². The van der Waals surface area contributed by atoms with Gasteiger partial charge in [0, 0.05) is 23.1 Å². The minimum Gasteiger partial charge on any atom is -0.488 e. The molecular weight excluding hydrogens is 290 g/mol. The summed E-state index contributed by atoms with van der Waals surface area (Å²) < 4.78 is 11.1. The fourth-order valence-electron chi connectivity index (χ4n) is 2.20. The van der Waals surface area contributed by atoms with Crippen molar-refractivity contribution in [1.82, 2.24) is 4.98 Å². The molecule has 0 aliphatic carbocycles. The van der Waals surface area contributed by atoms with Crippen LogP contribution in [0.5, 0.6) is 5.75 Å². The number of carboxylic acid groups (broad SMARTS) is 1. The lowest BCUT2D eigenvalue weighted by Crippen LogP contribution is -2.16. The summed E-state index contributed by atoms with van der Waals surface area (Å²) in [6, 6.07) is 5.01. The van der Waals surface area contributed by atoms with E-state index in [0.29, 0.717) is 19.0 Å². The molecule has 1 atom stereocenters. The molecule has 1 aliphatic rings. The molecule has 0 saturated carbocycles. The van der Waals surface area contributed by atoms with Crippen LogP contribution < -0.4 is 4.74 Å². The highest BCUT2D eigenvalue weighted by Gasteiger charge is 2.19. The maximum absolute atomic E-state index is 11.3. The van der Waals surface area contributed by atoms with Gasteiger partial charge in [0.1, 0.15) is 16.9 Å². The summed E-state index contributed by atoms with van der Waals surface area (Å²) in [5.74, 6) is -0.425. The van der Waals surface area contributed by atoms with Crippen molar-refractivity contribution in [3.05, 3.63) is 34.8 Å². The summed E-state index contributed by atoms with van der Waals surface area (Å²) >= 11 is 1.53. The smallest absolute Gasteiger partial charge is 0.335 e. The Morgan fingerprint density at radius 1 is 1.48 bits per heavy atom. The van der Waals surface area contributed by atoms with Gasteiger partial charge < -0.3 is 14.6 Å². The third-order valence-corrected chi connectivity index (χ3v) is 4.17. The maximum atomic E-state index is 11.3. The van der Waals surface area contributed by atoms with Crippen LogP contribution in [0, 0.1) is 6.92 Å². The van der Waals surface area contributed by atoms with Crippen LogP contribution >= 0.6 is 11.3 Å². The topological polar surface area (TPSA) is 68.7 Å². The number of benzene rings is 1. The molecular formula is C15H15NO4S. The predicted octanol–water partition coefficient (Wildman–Crippen LogP) is 2.98. The van der Waals surface area contributed by atoms with Crippen LogP contribution in [0.3, 0.4) is 0 Å². The fourth-order valence-corrected chi connectivity index (χ4v) is 2.95. The molecule has 21 heavy (non-hydrogen) atoms. The number of thiazole rings is 1. The lowest BCUT2D eigenvalue weighted by atomic mass is 10.1. The van der Waals surface area contributed by atoms with E-state index in [9.17, 15) is 9.90 Å². The Morgan fingerprint density at radius 2 is 2.33 bits per heavy atom. The first-order chi connectivity index (χ1) is 10.1. The van der Waals surface area contributed by atoms with E-state index in [1.54, 1.807) is 18.3 Å². The minimum atomic E-state index is -0.974. The highest BCUT2D eigenvalue weighted by Crippen LogP contribution is 2.30. The number of carboxylic acids is 1. The summed E-state index contributed by atoms with van der Waals surface area (Å²) in [6.07, 6.45) is 2.59. The highest BCUT2D eigenvalue weighted by atomic mass is 32.1. The van der Waals surface area contributed by atoms with Crippen LogP contribution in [0.15, 0.2) is 24.4 Å². The normalized spacial score (nSPS) is 17.9. The Hall–Kier alpha value is -1.92. The van der Waals surface area contributed by atoms with Crippen molar-refractivity contribution in [2.45, 2.75) is 19.4 Å². The number of nitrogens with zero attached hydrogens (tertiary/aromatic N) is 1. The van der Waals surface area contributed by atoms with Gasteiger partial charge in [-0.25, -0.2) is 9.78 Å². The number of rotatable bonds is 4. The van der Waals surface area contributed by atoms with Gasteiger partial charge in [-0.3, -0.25) is 0 Å². The molecule has 0 unspecified atom stereocenters. The number of aromatic nitrogens is 1. The van der Waals surface area contributed by atoms with Gasteiger partial charge in [-0.05, 0) is 25.1 Å². The van der Waals surface area contributed by atoms with Crippen molar-refractivity contribution in [3.8, 4) is 16.3 Å². The molecule has 110 valence electrons. The molecule has 2 aromatic rings. The molecule has 0 spiro atoms. The summed E-state index contributed by atoms with van der Waals surface area (Å²) in [7, 11) is 0. The molecule has 2 heterocycles. The van der Waals surface area contributed by atoms with Crippen molar-refractivity contribution in [2.75, 3.05) is 13.2 Å². The number of hydrogen-bond acceptors (Lipinski definition) is 5. The first-order valence-corrected chi connectivity index (χ1v) is 7.49. The van der Waals surface area contributed by atoms with Crippen LogP contribution in [0.25, 0.3) is 10.6 Å². The van der Waals surface area contributed by atoms with E-state index in [4.69, 9.17) is 9.47 Å². The lowest BCUT2D eigenvalue weighted by molar-refractivity contribution is 0.0696. The third-order valence-electron chi connectivity index (χ3n) is 3.21. The summed E-state index contributed by atoms with van der Waals surface area (Å²) in [5, 5.41) is 10.0. The molecule has 5 nitrogen and oxygen atoms in total. The van der Waals surface area contributed by atoms with Crippen LogP contribution in [0.4, 0.5) is 0 Å². The van der Waals surface area contributed by atoms with Gasteiger partial charge in [0.25, 0.3) is 0 Å². The van der Waals surface area contributed by atoms with E-state index in [1.807, 2.05) is 13.0 Å². The Labute approximate surface area is 126 Å². The van der Waals surface area contributed by atoms with Crippen molar-refractivity contribution in [2.24, 2.45) is 0 Å². The second-order valence-corrected chi connectivity index (χ2v) is 6.17. The zero-order valence-electron chi connectivity index (χ0n) is 11.5. The molecule has 0 bridgehead atoms. The van der Waals surface area contributed by atoms with Gasteiger partial charge in [0.2, 0.25) is 0 Å². The molecule has 1 aliphatic heterocycles. The number of aromatic carboxylic acids is 1. The van der Waals surface area contributed by atoms with Crippen LogP contribution in [-0.4, -0.2) is 35.4 Å². The summed E-state index contributed by atoms with van der Waals surface area (Å²) in [4.78, 5) is 16.7. The SMILES string of the molecule is Cc1cnc(-c2cc(O[C@@H]3CCOC3)cc(C(=O)O)c2)s1. The molecule has 6 heteroatoms. The number of carbonyl (C=O) groups is 1. The Balaban J connectivity index is 1.95. The van der Waals surface area contributed by atoms with Crippen molar-refractivity contribution < 1.29 is 19.4 Å². The van der Waals surface area contributed by atoms with E-state index in [0.717, 1.165) is 21.9 Å². The van der Waals surface area contributed by atoms with Gasteiger partial charge in [-0.1, -0.05) is 0 Å². The van der Waals surface area contributed by atoms with Crippen molar-refractivity contribution in [1.29, 1.82) is 0 Å². The number of hydrogen-bond donors (Lipinski definition) is 1. The van der Waals surface area contributed by atoms with E-state index in [-0.39, 0.29) is 11.7 Å². The van der Waals surface area contributed by atoms with Gasteiger partial charge >= 0.3 is 5.97 Å². The van der Waals surface area contributed by atoms with Gasteiger partial charge in [-0.2, -0.15) is 0 Å². The second-order valence-electron chi connectivity index (χ2n) is 4.93. The molecule has 1 fully saturated rings. The monoisotopic (exact) mass is 305 g/mol. The molecule has 3 rings (SSSR count). The lowest BCUT2D eigenvalue weighted by Gasteiger charge is -2.13. The average Bonchev–Trinajstić information content (AvgIpc) is 3.10. The van der Waals surface area contributed by atoms with Crippen molar-refractivity contribution in [3.63, 3.8) is 0 Å². The summed E-state index contributed by atoms with van der Waals surface area (Å²) in [6.45, 7) is 3.19. The average molecular weight is 305 g/mol. The Kier molecular flexibility index (Phi) is 3.90. The third kappa shape index (κ3) is 3.22. The maximum Gasteiger partial charge on any atom is 0.335 e. The highest BCUT2D eigenvalue weighted by molar-refractivity contribution is 7.14. The van der Waals surface area contributed by atoms with E-state index < -0.39 is 5.97 Å². The fraction of sp³-hybridized carbons (Fsp3) is 0.333. The zero-order chi connectivity index (χ0) is 14.8. The quantitative estimate of drug-likeness (QED) is 0.940. The molecule has 1 saturated heterocycles. The first kappa shape index (κ1) is 14.0. The first-order valence-electron chi connectivity index (χ1n) is 6.67. The number of aryl methyl sites for hydroxylation is 1. The van der Waals surface area contributed by atoms with E-state index >= 15 is 0 Å². The number of ether oxygens (including phenoxy) is 2. The molecule has 0 amide bonds. The minimum absolute atomic E-state index is 0.0140. The molecule has 1 N–H and O–H groups in total. The molecule has 0 radical (unpaired) electrons. The Bertz CT molecular complexity index is 661. The largest absolute Gasteiger partial charge is 0.488 e. The molecule has 1 aromatic carbocycles. The van der Waals surface area contributed by atoms with Crippen molar-refractivity contribution >= 4 is 17.3 Å². The van der Waals surface area contributed by atoms with Gasteiger partial charge in [-0.15, -0.1) is 11.3 Å². The van der Waals surface area contributed by atoms with E-state index in [2.05, 4.69) is 4.98 Å². The molecule has 1 aromatic heterocycles. The standard InChI is InChI=1S/C15H15NO4S/c1-9-7-16-14(21-9)10-4-11(15(17)18)6-13(5-10)20-12-2-3-19-8-12/h4-7,12H,2-3,8H2,1H3,(H,17,18)/t12-/m1/s1. The van der Waals surface area contributed by atoms with Crippen LogP contribution in [-0.2, 0) is 4.74 Å². The Morgan fingerprint density at radius 3 is 2.95 bits per heavy atom.